The van der Waals surface area contributed by atoms with E-state index >= 15 is 0 Å². The predicted octanol–water partition coefficient (Wildman–Crippen LogP) is 3.97. The quantitative estimate of drug-likeness (QED) is 0.309. The minimum absolute atomic E-state index is 0.112. The highest BCUT2D eigenvalue weighted by Crippen LogP contribution is 2.32. The highest BCUT2D eigenvalue weighted by Gasteiger charge is 2.21. The van der Waals surface area contributed by atoms with E-state index in [4.69, 9.17) is 5.73 Å². The van der Waals surface area contributed by atoms with Crippen molar-refractivity contribution in [2.24, 2.45) is 9.98 Å². The zero-order valence-corrected chi connectivity index (χ0v) is 18.5. The monoisotopic (exact) mass is 432 g/mol. The number of likely N-dealkylation sites (N-methyl/N-ethyl adjacent to an activating group) is 2. The molecule has 0 spiro atoms. The van der Waals surface area contributed by atoms with Gasteiger partial charge in [-0.2, -0.15) is 0 Å². The third-order valence-electron chi connectivity index (χ3n) is 5.33. The maximum atomic E-state index is 11.0. The van der Waals surface area contributed by atoms with Crippen LogP contribution in [-0.4, -0.2) is 44.5 Å². The summed E-state index contributed by atoms with van der Waals surface area (Å²) in [6.07, 6.45) is 7.14. The molecule has 2 heterocycles. The van der Waals surface area contributed by atoms with Crippen molar-refractivity contribution in [1.29, 1.82) is 0 Å². The smallest absolute Gasteiger partial charge is 0.293 e. The van der Waals surface area contributed by atoms with E-state index in [9.17, 15) is 10.1 Å². The highest BCUT2D eigenvalue weighted by atomic mass is 16.6. The molecular weight excluding hydrogens is 404 g/mol. The van der Waals surface area contributed by atoms with E-state index in [1.54, 1.807) is 18.4 Å². The van der Waals surface area contributed by atoms with Crippen molar-refractivity contribution in [3.63, 3.8) is 0 Å². The molecule has 0 radical (unpaired) electrons. The summed E-state index contributed by atoms with van der Waals surface area (Å²) in [4.78, 5) is 22.9. The van der Waals surface area contributed by atoms with Gasteiger partial charge in [-0.15, -0.1) is 13.2 Å². The van der Waals surface area contributed by atoms with Crippen LogP contribution in [-0.2, 0) is 13.1 Å². The Hall–Kier alpha value is -3.94. The van der Waals surface area contributed by atoms with Gasteiger partial charge in [-0.1, -0.05) is 12.2 Å². The van der Waals surface area contributed by atoms with E-state index in [-0.39, 0.29) is 10.6 Å². The van der Waals surface area contributed by atoms with Crippen molar-refractivity contribution in [2.45, 2.75) is 13.1 Å². The van der Waals surface area contributed by atoms with Crippen LogP contribution in [0.2, 0.25) is 0 Å². The largest absolute Gasteiger partial charge is 0.397 e. The number of nitrogens with zero attached hydrogens (tertiary/aromatic N) is 5. The molecule has 0 fully saturated rings. The Morgan fingerprint density at radius 1 is 0.969 bits per heavy atom. The lowest BCUT2D eigenvalue weighted by Crippen LogP contribution is -2.18. The van der Waals surface area contributed by atoms with E-state index in [1.165, 1.54) is 5.56 Å². The Morgan fingerprint density at radius 2 is 1.47 bits per heavy atom. The second-order valence-electron chi connectivity index (χ2n) is 7.68. The summed E-state index contributed by atoms with van der Waals surface area (Å²) >= 11 is 0. The molecule has 8 heteroatoms. The number of aliphatic imine (C=N–C) groups is 2. The fourth-order valence-electron chi connectivity index (χ4n) is 3.67. The fraction of sp³-hybridized carbons (Fsp3) is 0.250. The van der Waals surface area contributed by atoms with Crippen LogP contribution in [0.15, 0.2) is 59.6 Å². The van der Waals surface area contributed by atoms with E-state index in [0.29, 0.717) is 18.8 Å². The molecule has 0 amide bonds. The molecule has 0 saturated heterocycles. The standard InChI is InChI=1S/C12H13N3O2.C12H15N3/c1-3-4-14(2)11-5-9-7-13-8-10(9)6-12(11)15(16)17;1-3-4-15(2)12-6-10-8-14-7-9(10)5-11(12)13/h3,5-6,8H,1,4,7H2,2H3;3,5-7H,1,4,8,13H2,2H3. The Kier molecular flexibility index (Phi) is 7.04. The molecule has 2 aliphatic heterocycles. The van der Waals surface area contributed by atoms with E-state index < -0.39 is 0 Å². The molecule has 2 N–H and O–H groups in total. The number of nitrogens with two attached hydrogens (primary N) is 1. The van der Waals surface area contributed by atoms with Crippen LogP contribution in [0.1, 0.15) is 22.3 Å². The molecule has 4 rings (SSSR count). The molecule has 0 bridgehead atoms. The van der Waals surface area contributed by atoms with Gasteiger partial charge in [-0.3, -0.25) is 20.1 Å². The summed E-state index contributed by atoms with van der Waals surface area (Å²) in [7, 11) is 3.82. The van der Waals surface area contributed by atoms with Crippen molar-refractivity contribution in [3.05, 3.63) is 81.9 Å². The molecule has 8 nitrogen and oxygen atoms in total. The molecular formula is C24H28N6O2. The normalized spacial score (nSPS) is 12.4. The van der Waals surface area contributed by atoms with Crippen molar-refractivity contribution in [1.82, 2.24) is 0 Å². The lowest BCUT2D eigenvalue weighted by Gasteiger charge is -2.20. The minimum atomic E-state index is -0.360. The molecule has 0 aromatic heterocycles. The Balaban J connectivity index is 0.000000182. The van der Waals surface area contributed by atoms with Crippen LogP contribution >= 0.6 is 0 Å². The van der Waals surface area contributed by atoms with Crippen LogP contribution in [0, 0.1) is 10.1 Å². The number of nitro benzene ring substituents is 1. The van der Waals surface area contributed by atoms with Gasteiger partial charge in [0.25, 0.3) is 5.69 Å². The topological polar surface area (TPSA) is 100 Å². The van der Waals surface area contributed by atoms with Crippen molar-refractivity contribution < 1.29 is 4.92 Å². The number of nitrogen functional groups attached to an aromatic ring is 1. The summed E-state index contributed by atoms with van der Waals surface area (Å²) in [6, 6.07) is 7.52. The molecule has 32 heavy (non-hydrogen) atoms. The number of hydrogen-bond donors (Lipinski definition) is 1. The van der Waals surface area contributed by atoms with Gasteiger partial charge in [0.2, 0.25) is 0 Å². The van der Waals surface area contributed by atoms with Gasteiger partial charge in [0.1, 0.15) is 5.69 Å². The molecule has 0 saturated carbocycles. The lowest BCUT2D eigenvalue weighted by molar-refractivity contribution is -0.384. The van der Waals surface area contributed by atoms with Gasteiger partial charge < -0.3 is 15.5 Å². The number of fused-ring (bicyclic) bond motifs is 2. The number of hydrogen-bond acceptors (Lipinski definition) is 7. The zero-order valence-electron chi connectivity index (χ0n) is 18.5. The average Bonchev–Trinajstić information content (AvgIpc) is 3.41. The lowest BCUT2D eigenvalue weighted by atomic mass is 10.1. The first kappa shape index (κ1) is 22.7. The number of nitro groups is 1. The first-order chi connectivity index (χ1) is 15.3. The maximum absolute atomic E-state index is 11.0. The summed E-state index contributed by atoms with van der Waals surface area (Å²) in [5.74, 6) is 0. The Labute approximate surface area is 188 Å². The van der Waals surface area contributed by atoms with Gasteiger partial charge in [-0.05, 0) is 34.9 Å². The number of rotatable bonds is 7. The van der Waals surface area contributed by atoms with Gasteiger partial charge in [0, 0.05) is 51.2 Å². The van der Waals surface area contributed by atoms with Gasteiger partial charge in [0.15, 0.2) is 0 Å². The summed E-state index contributed by atoms with van der Waals surface area (Å²) in [6.45, 7) is 10.1. The van der Waals surface area contributed by atoms with Gasteiger partial charge in [-0.25, -0.2) is 0 Å². The molecule has 0 aliphatic carbocycles. The molecule has 2 aromatic rings. The minimum Gasteiger partial charge on any atom is -0.397 e. The van der Waals surface area contributed by atoms with E-state index in [0.717, 1.165) is 41.2 Å². The van der Waals surface area contributed by atoms with Gasteiger partial charge in [0.05, 0.1) is 29.4 Å². The van der Waals surface area contributed by atoms with Crippen molar-refractivity contribution in [3.8, 4) is 0 Å². The summed E-state index contributed by atoms with van der Waals surface area (Å²) < 4.78 is 0. The molecule has 0 unspecified atom stereocenters. The van der Waals surface area contributed by atoms with Crippen molar-refractivity contribution >= 4 is 35.2 Å². The van der Waals surface area contributed by atoms with Crippen molar-refractivity contribution in [2.75, 3.05) is 42.7 Å². The zero-order chi connectivity index (χ0) is 23.3. The van der Waals surface area contributed by atoms with Crippen LogP contribution in [0.4, 0.5) is 22.7 Å². The maximum Gasteiger partial charge on any atom is 0.293 e. The van der Waals surface area contributed by atoms with E-state index in [1.807, 2.05) is 43.4 Å². The van der Waals surface area contributed by atoms with Gasteiger partial charge >= 0.3 is 0 Å². The Bertz CT molecular complexity index is 1110. The number of anilines is 3. The van der Waals surface area contributed by atoms with Crippen LogP contribution in [0.5, 0.6) is 0 Å². The molecule has 166 valence electrons. The molecule has 2 aromatic carbocycles. The molecule has 2 aliphatic rings. The SMILES string of the molecule is C=CCN(C)c1cc2c(cc1N)C=NC2.C=CCN(C)c1cc2c(cc1[N+](=O)[O-])C=NC2. The second-order valence-corrected chi connectivity index (χ2v) is 7.68. The first-order valence-electron chi connectivity index (χ1n) is 10.2. The summed E-state index contributed by atoms with van der Waals surface area (Å²) in [5, 5.41) is 11.0. The van der Waals surface area contributed by atoms with Crippen LogP contribution in [0.25, 0.3) is 0 Å². The average molecular weight is 433 g/mol. The molecule has 0 atom stereocenters. The predicted molar refractivity (Wildman–Crippen MR) is 133 cm³/mol. The first-order valence-corrected chi connectivity index (χ1v) is 10.2. The Morgan fingerprint density at radius 3 is 2.00 bits per heavy atom. The highest BCUT2D eigenvalue weighted by molar-refractivity contribution is 5.89. The second kappa shape index (κ2) is 9.91. The third kappa shape index (κ3) is 4.85. The third-order valence-corrected chi connectivity index (χ3v) is 5.33. The van der Waals surface area contributed by atoms with E-state index in [2.05, 4.69) is 34.1 Å². The number of benzene rings is 2. The van der Waals surface area contributed by atoms with Crippen LogP contribution in [0.3, 0.4) is 0 Å². The van der Waals surface area contributed by atoms with Crippen LogP contribution < -0.4 is 15.5 Å². The fourth-order valence-corrected chi connectivity index (χ4v) is 3.67. The summed E-state index contributed by atoms with van der Waals surface area (Å²) in [5.41, 5.74) is 12.8.